The van der Waals surface area contributed by atoms with Crippen LogP contribution in [0.5, 0.6) is 5.75 Å². The Kier molecular flexibility index (Phi) is 8.77. The number of imidazole rings is 1. The molecule has 9 rings (SSSR count). The highest BCUT2D eigenvalue weighted by atomic mass is 16.3. The van der Waals surface area contributed by atoms with Crippen molar-refractivity contribution >= 4 is 11.0 Å². The van der Waals surface area contributed by atoms with Crippen molar-refractivity contribution in [3.8, 4) is 78.6 Å². The lowest BCUT2D eigenvalue weighted by molar-refractivity contribution is 0.477. The topological polar surface area (TPSA) is 50.9 Å². The molecule has 0 amide bonds. The summed E-state index contributed by atoms with van der Waals surface area (Å²) in [7, 11) is 0. The number of hydrogen-bond donors (Lipinski definition) is 1. The normalized spacial score (nSPS) is 11.8. The van der Waals surface area contributed by atoms with E-state index in [0.29, 0.717) is 11.4 Å². The van der Waals surface area contributed by atoms with Crippen molar-refractivity contribution in [3.05, 3.63) is 193 Å². The van der Waals surface area contributed by atoms with Gasteiger partial charge in [-0.15, -0.1) is 0 Å². The van der Waals surface area contributed by atoms with E-state index in [1.165, 1.54) is 5.56 Å². The van der Waals surface area contributed by atoms with Crippen LogP contribution in [0.25, 0.3) is 83.9 Å². The zero-order chi connectivity index (χ0) is 39.1. The third-order valence-corrected chi connectivity index (χ3v) is 10.5. The first-order chi connectivity index (χ1) is 27.7. The second kappa shape index (κ2) is 14.7. The lowest BCUT2D eigenvalue weighted by Crippen LogP contribution is -2.02. The van der Waals surface area contributed by atoms with Crippen molar-refractivity contribution in [3.63, 3.8) is 0 Å². The molecule has 0 saturated carbocycles. The lowest BCUT2D eigenvalue weighted by Gasteiger charge is -2.18. The van der Waals surface area contributed by atoms with Crippen molar-refractivity contribution in [2.75, 3.05) is 0 Å². The van der Waals surface area contributed by atoms with Crippen LogP contribution in [-0.4, -0.2) is 19.6 Å². The molecule has 0 saturated heterocycles. The van der Waals surface area contributed by atoms with Crippen LogP contribution >= 0.6 is 0 Å². The molecule has 0 radical (unpaired) electrons. The Morgan fingerprint density at radius 2 is 1.20 bits per heavy atom. The highest BCUT2D eigenvalue weighted by Crippen LogP contribution is 2.42. The van der Waals surface area contributed by atoms with E-state index in [1.54, 1.807) is 6.07 Å². The molecule has 0 atom stereocenters. The van der Waals surface area contributed by atoms with E-state index >= 15 is 0 Å². The fourth-order valence-electron chi connectivity index (χ4n) is 7.55. The molecule has 4 heteroatoms. The van der Waals surface area contributed by atoms with Gasteiger partial charge in [-0.2, -0.15) is 0 Å². The molecule has 2 heterocycles. The van der Waals surface area contributed by atoms with E-state index < -0.39 is 5.89 Å². The van der Waals surface area contributed by atoms with Crippen molar-refractivity contribution in [1.82, 2.24) is 14.5 Å². The van der Waals surface area contributed by atoms with E-state index in [-0.39, 0.29) is 5.75 Å². The van der Waals surface area contributed by atoms with Gasteiger partial charge in [0.2, 0.25) is 0 Å². The number of aromatic hydroxyl groups is 1. The van der Waals surface area contributed by atoms with Gasteiger partial charge < -0.3 is 5.11 Å². The van der Waals surface area contributed by atoms with Gasteiger partial charge in [0.15, 0.2) is 0 Å². The van der Waals surface area contributed by atoms with Crippen LogP contribution < -0.4 is 0 Å². The summed E-state index contributed by atoms with van der Waals surface area (Å²) in [6.45, 7) is 5.93. The van der Waals surface area contributed by atoms with Gasteiger partial charge in [0, 0.05) is 24.3 Å². The van der Waals surface area contributed by atoms with E-state index in [0.717, 1.165) is 78.0 Å². The maximum absolute atomic E-state index is 11.3. The monoisotopic (exact) mass is 724 g/mol. The predicted molar refractivity (Wildman–Crippen MR) is 232 cm³/mol. The third kappa shape index (κ3) is 6.56. The number of phenols is 1. The molecule has 0 aliphatic heterocycles. The van der Waals surface area contributed by atoms with Gasteiger partial charge in [0.05, 0.1) is 28.0 Å². The molecule has 56 heavy (non-hydrogen) atoms. The van der Waals surface area contributed by atoms with Crippen molar-refractivity contribution in [1.29, 1.82) is 0 Å². The number of para-hydroxylation sites is 2. The summed E-state index contributed by atoms with van der Waals surface area (Å²) >= 11 is 0. The molecule has 0 bridgehead atoms. The highest BCUT2D eigenvalue weighted by molar-refractivity contribution is 5.98. The van der Waals surface area contributed by atoms with Gasteiger partial charge in [-0.1, -0.05) is 135 Å². The van der Waals surface area contributed by atoms with Gasteiger partial charge in [-0.05, 0) is 112 Å². The number of pyridine rings is 1. The molecule has 4 nitrogen and oxygen atoms in total. The number of nitrogens with zero attached hydrogens (tertiary/aromatic N) is 3. The summed E-state index contributed by atoms with van der Waals surface area (Å²) in [6.07, 6.45) is 1.89. The van der Waals surface area contributed by atoms with Crippen LogP contribution in [0.3, 0.4) is 0 Å². The summed E-state index contributed by atoms with van der Waals surface area (Å²) in [5.41, 5.74) is 15.6. The molecule has 9 aromatic rings. The Labute approximate surface area is 329 Å². The fourth-order valence-corrected chi connectivity index (χ4v) is 7.55. The van der Waals surface area contributed by atoms with Crippen LogP contribution in [0, 0.1) is 6.92 Å². The fraction of sp³-hybridized carbons (Fsp3) is 0.0769. The maximum atomic E-state index is 11.3. The van der Waals surface area contributed by atoms with Gasteiger partial charge in [0.1, 0.15) is 11.6 Å². The van der Waals surface area contributed by atoms with E-state index in [1.807, 2.05) is 68.6 Å². The minimum absolute atomic E-state index is 0.147. The van der Waals surface area contributed by atoms with Gasteiger partial charge in [0.25, 0.3) is 0 Å². The first-order valence-corrected chi connectivity index (χ1v) is 19.0. The number of aromatic nitrogens is 3. The minimum atomic E-state index is -0.803. The van der Waals surface area contributed by atoms with Crippen molar-refractivity contribution in [2.45, 2.75) is 26.7 Å². The van der Waals surface area contributed by atoms with Crippen LogP contribution in [-0.2, 0) is 0 Å². The summed E-state index contributed by atoms with van der Waals surface area (Å²) in [6, 6.07) is 60.1. The molecule has 0 aliphatic carbocycles. The van der Waals surface area contributed by atoms with Crippen molar-refractivity contribution < 1.29 is 6.48 Å². The molecular weight excluding hydrogens is 683 g/mol. The average Bonchev–Trinajstić information content (AvgIpc) is 3.63. The van der Waals surface area contributed by atoms with Crippen LogP contribution in [0.4, 0.5) is 0 Å². The zero-order valence-electron chi connectivity index (χ0n) is 32.6. The second-order valence-electron chi connectivity index (χ2n) is 14.5. The standard InChI is InChI=1S/C52H41N3O/c1-34(2)39-25-26-48(46(32-39)38-15-8-5-9-16-38)55-49-19-12-18-44(51(49)54-52(55)45-17-10-11-20-50(45)56)42-29-41(36-13-6-4-7-14-36)30-43(31-42)47-33-40(27-28-53-47)37-23-21-35(3)22-24-37/h4-34,56H,1-3H3/i34D. The van der Waals surface area contributed by atoms with Gasteiger partial charge in [-0.25, -0.2) is 4.98 Å². The molecule has 1 N–H and O–H groups in total. The number of fused-ring (bicyclic) bond motifs is 1. The summed E-state index contributed by atoms with van der Waals surface area (Å²) < 4.78 is 11.1. The van der Waals surface area contributed by atoms with Crippen LogP contribution in [0.15, 0.2) is 182 Å². The zero-order valence-corrected chi connectivity index (χ0v) is 31.6. The first kappa shape index (κ1) is 33.5. The van der Waals surface area contributed by atoms with Gasteiger partial charge >= 0.3 is 0 Å². The molecule has 270 valence electrons. The first-order valence-electron chi connectivity index (χ1n) is 19.5. The van der Waals surface area contributed by atoms with E-state index in [2.05, 4.69) is 133 Å². The van der Waals surface area contributed by atoms with Gasteiger partial charge in [-0.3, -0.25) is 9.55 Å². The Balaban J connectivity index is 1.30. The molecule has 7 aromatic carbocycles. The molecule has 0 aliphatic rings. The Hall–Kier alpha value is -7.04. The molecule has 0 spiro atoms. The highest BCUT2D eigenvalue weighted by Gasteiger charge is 2.23. The molecular formula is C52H41N3O. The number of hydrogen-bond acceptors (Lipinski definition) is 3. The average molecular weight is 725 g/mol. The Morgan fingerprint density at radius 1 is 0.536 bits per heavy atom. The van der Waals surface area contributed by atoms with Crippen molar-refractivity contribution in [2.24, 2.45) is 0 Å². The lowest BCUT2D eigenvalue weighted by atomic mass is 9.93. The Morgan fingerprint density at radius 3 is 1.95 bits per heavy atom. The summed E-state index contributed by atoms with van der Waals surface area (Å²) in [5, 5.41) is 11.3. The second-order valence-corrected chi connectivity index (χ2v) is 14.5. The quantitative estimate of drug-likeness (QED) is 0.170. The number of benzene rings is 7. The summed E-state index contributed by atoms with van der Waals surface area (Å²) in [5.74, 6) is -0.0332. The van der Waals surface area contributed by atoms with Crippen LogP contribution in [0.1, 0.15) is 32.2 Å². The summed E-state index contributed by atoms with van der Waals surface area (Å²) in [4.78, 5) is 10.3. The van der Waals surface area contributed by atoms with E-state index in [9.17, 15) is 5.11 Å². The number of phenolic OH excluding ortho intramolecular Hbond substituents is 1. The number of aryl methyl sites for hydroxylation is 1. The predicted octanol–water partition coefficient (Wildman–Crippen LogP) is 13.6. The largest absolute Gasteiger partial charge is 0.507 e. The molecule has 2 aromatic heterocycles. The Bertz CT molecular complexity index is 2890. The minimum Gasteiger partial charge on any atom is -0.507 e. The van der Waals surface area contributed by atoms with E-state index in [4.69, 9.17) is 11.3 Å². The van der Waals surface area contributed by atoms with Crippen LogP contribution in [0.2, 0.25) is 0 Å². The molecule has 0 fully saturated rings. The SMILES string of the molecule is [2H]C(C)(C)c1ccc(-n2c(-c3ccccc3O)nc3c(-c4cc(-c5ccccc5)cc(-c5cc(-c6ccc(C)cc6)ccn5)c4)cccc32)c(-c2ccccc2)c1. The smallest absolute Gasteiger partial charge is 0.149 e. The maximum Gasteiger partial charge on any atom is 0.149 e. The molecule has 0 unspecified atom stereocenters. The third-order valence-electron chi connectivity index (χ3n) is 10.5. The number of rotatable bonds is 8.